The summed E-state index contributed by atoms with van der Waals surface area (Å²) in [6.07, 6.45) is 3.39. The van der Waals surface area contributed by atoms with E-state index in [-0.39, 0.29) is 0 Å². The zero-order chi connectivity index (χ0) is 7.56. The Kier molecular flexibility index (Phi) is 1.97. The highest BCUT2D eigenvalue weighted by molar-refractivity contribution is 5.29. The fourth-order valence-corrected chi connectivity index (χ4v) is 1.12. The van der Waals surface area contributed by atoms with E-state index in [2.05, 4.69) is 4.90 Å². The van der Waals surface area contributed by atoms with Crippen molar-refractivity contribution in [1.82, 2.24) is 4.90 Å². The minimum atomic E-state index is 0.861. The first-order chi connectivity index (χ1) is 4.74. The summed E-state index contributed by atoms with van der Waals surface area (Å²) in [7, 11) is 2.03. The molecular formula is C7H13N3. The topological polar surface area (TPSA) is 55.3 Å². The molecule has 1 heterocycles. The summed E-state index contributed by atoms with van der Waals surface area (Å²) >= 11 is 0. The van der Waals surface area contributed by atoms with Gasteiger partial charge < -0.3 is 11.5 Å². The minimum Gasteiger partial charge on any atom is -0.405 e. The quantitative estimate of drug-likeness (QED) is 0.520. The Morgan fingerprint density at radius 2 is 2.20 bits per heavy atom. The third kappa shape index (κ3) is 1.30. The molecule has 0 spiro atoms. The van der Waals surface area contributed by atoms with Gasteiger partial charge in [-0.2, -0.15) is 0 Å². The van der Waals surface area contributed by atoms with Gasteiger partial charge in [-0.15, -0.1) is 0 Å². The van der Waals surface area contributed by atoms with Gasteiger partial charge in [0.05, 0.1) is 0 Å². The molecule has 0 saturated carbocycles. The lowest BCUT2D eigenvalue weighted by molar-refractivity contribution is 0.425. The standard InChI is InChI=1S/C7H13N3/c1-10-4-6(2-3-8)7(9)5-10/h2-3H,4-5,8-9H2,1H3/b3-2-. The molecule has 0 bridgehead atoms. The highest BCUT2D eigenvalue weighted by Gasteiger charge is 2.13. The van der Waals surface area contributed by atoms with Crippen molar-refractivity contribution in [3.8, 4) is 0 Å². The van der Waals surface area contributed by atoms with Crippen LogP contribution in [0.3, 0.4) is 0 Å². The lowest BCUT2D eigenvalue weighted by Crippen LogP contribution is -2.16. The first kappa shape index (κ1) is 7.15. The minimum absolute atomic E-state index is 0.861. The zero-order valence-electron chi connectivity index (χ0n) is 6.17. The second-order valence-corrected chi connectivity index (χ2v) is 2.58. The number of rotatable bonds is 1. The first-order valence-corrected chi connectivity index (χ1v) is 3.28. The second kappa shape index (κ2) is 2.75. The van der Waals surface area contributed by atoms with Crippen LogP contribution in [0.4, 0.5) is 0 Å². The highest BCUT2D eigenvalue weighted by atomic mass is 15.1. The van der Waals surface area contributed by atoms with Crippen molar-refractivity contribution in [3.05, 3.63) is 23.5 Å². The summed E-state index contributed by atoms with van der Waals surface area (Å²) in [6, 6.07) is 0. The predicted molar refractivity (Wildman–Crippen MR) is 42.0 cm³/mol. The Morgan fingerprint density at radius 1 is 1.50 bits per heavy atom. The molecule has 1 aliphatic heterocycles. The number of hydrogen-bond donors (Lipinski definition) is 2. The molecule has 3 nitrogen and oxygen atoms in total. The van der Waals surface area contributed by atoms with Crippen LogP contribution in [0, 0.1) is 0 Å². The van der Waals surface area contributed by atoms with Crippen LogP contribution >= 0.6 is 0 Å². The van der Waals surface area contributed by atoms with Gasteiger partial charge in [0, 0.05) is 18.8 Å². The fraction of sp³-hybridized carbons (Fsp3) is 0.429. The van der Waals surface area contributed by atoms with Gasteiger partial charge in [0.15, 0.2) is 0 Å². The van der Waals surface area contributed by atoms with Gasteiger partial charge in [-0.3, -0.25) is 4.90 Å². The Bertz CT molecular complexity index is 181. The molecule has 56 valence electrons. The van der Waals surface area contributed by atoms with Crippen molar-refractivity contribution in [3.63, 3.8) is 0 Å². The maximum absolute atomic E-state index is 5.69. The fourth-order valence-electron chi connectivity index (χ4n) is 1.12. The van der Waals surface area contributed by atoms with E-state index < -0.39 is 0 Å². The summed E-state index contributed by atoms with van der Waals surface area (Å²) in [5, 5.41) is 0. The van der Waals surface area contributed by atoms with Crippen LogP contribution in [-0.4, -0.2) is 25.0 Å². The maximum Gasteiger partial charge on any atom is 0.0383 e. The Hall–Kier alpha value is -0.960. The number of nitrogens with two attached hydrogens (primary N) is 2. The average molecular weight is 139 g/mol. The van der Waals surface area contributed by atoms with Crippen molar-refractivity contribution >= 4 is 0 Å². The molecule has 0 atom stereocenters. The van der Waals surface area contributed by atoms with E-state index in [1.54, 1.807) is 0 Å². The van der Waals surface area contributed by atoms with Crippen LogP contribution < -0.4 is 11.5 Å². The van der Waals surface area contributed by atoms with Crippen LogP contribution in [0.2, 0.25) is 0 Å². The average Bonchev–Trinajstić information content (AvgIpc) is 2.13. The maximum atomic E-state index is 5.69. The predicted octanol–water partition coefficient (Wildman–Crippen LogP) is -0.383. The van der Waals surface area contributed by atoms with Crippen LogP contribution in [0.5, 0.6) is 0 Å². The van der Waals surface area contributed by atoms with Gasteiger partial charge in [0.2, 0.25) is 0 Å². The van der Waals surface area contributed by atoms with Gasteiger partial charge in [-0.05, 0) is 24.9 Å². The lowest BCUT2D eigenvalue weighted by Gasteiger charge is -2.04. The van der Waals surface area contributed by atoms with Gasteiger partial charge in [0.1, 0.15) is 0 Å². The SMILES string of the molecule is CN1CC(N)=C(/C=C\N)C1. The van der Waals surface area contributed by atoms with Crippen LogP contribution in [0.25, 0.3) is 0 Å². The van der Waals surface area contributed by atoms with E-state index in [0.717, 1.165) is 24.4 Å². The van der Waals surface area contributed by atoms with E-state index in [1.807, 2.05) is 13.1 Å². The van der Waals surface area contributed by atoms with Crippen LogP contribution in [0.1, 0.15) is 0 Å². The largest absolute Gasteiger partial charge is 0.405 e. The molecule has 4 N–H and O–H groups in total. The Morgan fingerprint density at radius 3 is 2.60 bits per heavy atom. The number of hydrogen-bond acceptors (Lipinski definition) is 3. The second-order valence-electron chi connectivity index (χ2n) is 2.58. The number of nitrogens with zero attached hydrogens (tertiary/aromatic N) is 1. The van der Waals surface area contributed by atoms with E-state index in [4.69, 9.17) is 11.5 Å². The molecule has 0 aromatic heterocycles. The van der Waals surface area contributed by atoms with Crippen LogP contribution in [0.15, 0.2) is 23.5 Å². The molecule has 0 unspecified atom stereocenters. The lowest BCUT2D eigenvalue weighted by atomic mass is 10.2. The summed E-state index contributed by atoms with van der Waals surface area (Å²) in [6.45, 7) is 1.78. The Balaban J connectivity index is 2.66. The molecule has 3 heteroatoms. The van der Waals surface area contributed by atoms with Crippen molar-refractivity contribution in [1.29, 1.82) is 0 Å². The van der Waals surface area contributed by atoms with Gasteiger partial charge in [-0.25, -0.2) is 0 Å². The third-order valence-electron chi connectivity index (χ3n) is 1.59. The smallest absolute Gasteiger partial charge is 0.0383 e. The summed E-state index contributed by atoms with van der Waals surface area (Å²) in [5.74, 6) is 0. The van der Waals surface area contributed by atoms with E-state index in [0.29, 0.717) is 0 Å². The molecule has 10 heavy (non-hydrogen) atoms. The van der Waals surface area contributed by atoms with Gasteiger partial charge in [-0.1, -0.05) is 0 Å². The first-order valence-electron chi connectivity index (χ1n) is 3.28. The number of likely N-dealkylation sites (N-methyl/N-ethyl adjacent to an activating group) is 1. The summed E-state index contributed by atoms with van der Waals surface area (Å²) in [5.41, 5.74) is 13.0. The van der Waals surface area contributed by atoms with Crippen molar-refractivity contribution in [2.75, 3.05) is 20.1 Å². The van der Waals surface area contributed by atoms with Gasteiger partial charge >= 0.3 is 0 Å². The molecule has 1 rings (SSSR count). The molecule has 0 aromatic carbocycles. The monoisotopic (exact) mass is 139 g/mol. The van der Waals surface area contributed by atoms with E-state index >= 15 is 0 Å². The normalized spacial score (nSPS) is 21.3. The van der Waals surface area contributed by atoms with Gasteiger partial charge in [0.25, 0.3) is 0 Å². The molecular weight excluding hydrogens is 126 g/mol. The molecule has 1 aliphatic rings. The molecule has 0 saturated heterocycles. The van der Waals surface area contributed by atoms with E-state index in [1.165, 1.54) is 6.20 Å². The van der Waals surface area contributed by atoms with Crippen molar-refractivity contribution in [2.45, 2.75) is 0 Å². The molecule has 0 aromatic rings. The molecule has 0 fully saturated rings. The summed E-state index contributed by atoms with van der Waals surface area (Å²) in [4.78, 5) is 2.14. The Labute approximate surface area is 61.0 Å². The zero-order valence-corrected chi connectivity index (χ0v) is 6.17. The van der Waals surface area contributed by atoms with Crippen LogP contribution in [-0.2, 0) is 0 Å². The molecule has 0 aliphatic carbocycles. The van der Waals surface area contributed by atoms with Crippen molar-refractivity contribution < 1.29 is 0 Å². The summed E-state index contributed by atoms with van der Waals surface area (Å²) < 4.78 is 0. The molecule has 0 amide bonds. The molecule has 0 radical (unpaired) electrons. The highest BCUT2D eigenvalue weighted by Crippen LogP contribution is 2.11. The van der Waals surface area contributed by atoms with E-state index in [9.17, 15) is 0 Å². The van der Waals surface area contributed by atoms with Crippen molar-refractivity contribution in [2.24, 2.45) is 11.5 Å². The third-order valence-corrected chi connectivity index (χ3v) is 1.59.